The fourth-order valence-corrected chi connectivity index (χ4v) is 5.26. The maximum absolute atomic E-state index is 13.2. The number of aliphatic hydroxyl groups is 1. The molecule has 1 unspecified atom stereocenters. The van der Waals surface area contributed by atoms with Crippen molar-refractivity contribution in [1.29, 1.82) is 0 Å². The Hall–Kier alpha value is -2.54. The number of benzene rings is 2. The number of sulfonamides is 1. The molecule has 2 aromatic rings. The van der Waals surface area contributed by atoms with E-state index in [0.29, 0.717) is 37.1 Å². The largest absolute Gasteiger partial charge is 0.506 e. The summed E-state index contributed by atoms with van der Waals surface area (Å²) in [6.45, 7) is 8.45. The van der Waals surface area contributed by atoms with Crippen molar-refractivity contribution in [2.24, 2.45) is 0 Å². The Balaban J connectivity index is 0.00000533. The van der Waals surface area contributed by atoms with Crippen LogP contribution in [0, 0.1) is 0 Å². The zero-order valence-electron chi connectivity index (χ0n) is 23.3. The highest BCUT2D eigenvalue weighted by Gasteiger charge is 2.44. The maximum atomic E-state index is 13.2. The van der Waals surface area contributed by atoms with Crippen LogP contribution in [0.5, 0.6) is 11.5 Å². The number of ether oxygens (including phenoxy) is 2. The first-order chi connectivity index (χ1) is 17.8. The van der Waals surface area contributed by atoms with Crippen LogP contribution < -0.4 is 19.7 Å². The van der Waals surface area contributed by atoms with Gasteiger partial charge in [-0.1, -0.05) is 32.0 Å². The number of anilines is 2. The highest BCUT2D eigenvalue weighted by molar-refractivity contribution is 8.93. The Morgan fingerprint density at radius 3 is 2.44 bits per heavy atom. The lowest BCUT2D eigenvalue weighted by Crippen LogP contribution is -2.49. The molecule has 0 saturated carbocycles. The summed E-state index contributed by atoms with van der Waals surface area (Å²) in [6, 6.07) is 9.98. The third-order valence-electron chi connectivity index (χ3n) is 7.06. The molecule has 4 N–H and O–H groups in total. The number of hydrogen-bond acceptors (Lipinski definition) is 8. The number of nitrogens with zero attached hydrogens (tertiary/aromatic N) is 1. The molecule has 1 aliphatic rings. The number of phenolic OH excluding ortho intramolecular Hbond substituents is 1. The van der Waals surface area contributed by atoms with Crippen LogP contribution in [0.1, 0.15) is 64.2 Å². The average molecular weight is 631 g/mol. The van der Waals surface area contributed by atoms with Crippen LogP contribution in [0.25, 0.3) is 0 Å². The van der Waals surface area contributed by atoms with E-state index in [1.807, 2.05) is 45.9 Å². The summed E-state index contributed by atoms with van der Waals surface area (Å²) in [7, 11) is -2.01. The first kappa shape index (κ1) is 32.7. The molecule has 0 aromatic heterocycles. The molecule has 1 aliphatic heterocycles. The molecule has 0 bridgehead atoms. The van der Waals surface area contributed by atoms with E-state index >= 15 is 0 Å². The Labute approximate surface area is 241 Å². The molecule has 218 valence electrons. The molecule has 12 heteroatoms. The number of amides is 1. The van der Waals surface area contributed by atoms with Crippen molar-refractivity contribution < 1.29 is 32.9 Å². The molecule has 0 aliphatic carbocycles. The Morgan fingerprint density at radius 2 is 1.85 bits per heavy atom. The average Bonchev–Trinajstić information content (AvgIpc) is 2.86. The second-order valence-electron chi connectivity index (χ2n) is 10.3. The number of methoxy groups -OCH3 is 1. The summed E-state index contributed by atoms with van der Waals surface area (Å²) < 4.78 is 37.0. The van der Waals surface area contributed by atoms with E-state index in [2.05, 4.69) is 10.0 Å². The minimum Gasteiger partial charge on any atom is -0.506 e. The van der Waals surface area contributed by atoms with Gasteiger partial charge in [0.2, 0.25) is 10.0 Å². The summed E-state index contributed by atoms with van der Waals surface area (Å²) in [5, 5.41) is 24.0. The van der Waals surface area contributed by atoms with Gasteiger partial charge in [0, 0.05) is 24.2 Å². The summed E-state index contributed by atoms with van der Waals surface area (Å²) in [4.78, 5) is 14.8. The molecule has 0 fully saturated rings. The van der Waals surface area contributed by atoms with Crippen molar-refractivity contribution in [2.45, 2.75) is 64.2 Å². The number of rotatable bonds is 12. The van der Waals surface area contributed by atoms with Crippen LogP contribution in [0.2, 0.25) is 0 Å². The predicted molar refractivity (Wildman–Crippen MR) is 158 cm³/mol. The van der Waals surface area contributed by atoms with Crippen LogP contribution in [-0.4, -0.2) is 56.7 Å². The first-order valence-corrected chi connectivity index (χ1v) is 14.6. The van der Waals surface area contributed by atoms with Gasteiger partial charge in [-0.05, 0) is 56.9 Å². The van der Waals surface area contributed by atoms with Gasteiger partial charge in [-0.2, -0.15) is 0 Å². The topological polar surface area (TPSA) is 137 Å². The highest BCUT2D eigenvalue weighted by Crippen LogP contribution is 2.47. The number of nitrogens with one attached hydrogen (secondary N) is 2. The summed E-state index contributed by atoms with van der Waals surface area (Å²) in [5.74, 6) is 0.372. The maximum Gasteiger partial charge on any atom is 0.415 e. The van der Waals surface area contributed by atoms with E-state index in [4.69, 9.17) is 9.47 Å². The molecule has 1 atom stereocenters. The molecule has 3 rings (SSSR count). The summed E-state index contributed by atoms with van der Waals surface area (Å²) in [6.07, 6.45) is 1.42. The van der Waals surface area contributed by atoms with E-state index in [0.717, 1.165) is 17.5 Å². The predicted octanol–water partition coefficient (Wildman–Crippen LogP) is 4.81. The van der Waals surface area contributed by atoms with E-state index in [1.165, 1.54) is 18.2 Å². The minimum absolute atomic E-state index is 0. The van der Waals surface area contributed by atoms with Crippen LogP contribution >= 0.6 is 17.0 Å². The van der Waals surface area contributed by atoms with Crippen molar-refractivity contribution >= 4 is 44.5 Å². The van der Waals surface area contributed by atoms with Crippen molar-refractivity contribution in [3.8, 4) is 11.5 Å². The van der Waals surface area contributed by atoms with Gasteiger partial charge >= 0.3 is 6.09 Å². The second-order valence-corrected chi connectivity index (χ2v) is 12.0. The molecule has 0 saturated heterocycles. The lowest BCUT2D eigenvalue weighted by atomic mass is 9.85. The number of aromatic hydroxyl groups is 1. The van der Waals surface area contributed by atoms with E-state index < -0.39 is 33.4 Å². The smallest absolute Gasteiger partial charge is 0.415 e. The number of fused-ring (bicyclic) bond motifs is 1. The van der Waals surface area contributed by atoms with Crippen molar-refractivity contribution in [1.82, 2.24) is 5.32 Å². The van der Waals surface area contributed by atoms with Gasteiger partial charge < -0.3 is 25.0 Å². The zero-order valence-corrected chi connectivity index (χ0v) is 25.8. The van der Waals surface area contributed by atoms with Gasteiger partial charge in [-0.25, -0.2) is 13.2 Å². The number of carbonyl (C=O) groups excluding carboxylic acids is 1. The number of cyclic esters (lactones) is 1. The Bertz CT molecular complexity index is 1270. The number of carbonyl (C=O) groups is 1. The van der Waals surface area contributed by atoms with Gasteiger partial charge in [0.25, 0.3) is 0 Å². The number of para-hydroxylation sites is 1. The third kappa shape index (κ3) is 7.56. The lowest BCUT2D eigenvalue weighted by molar-refractivity contribution is -0.00165. The van der Waals surface area contributed by atoms with Crippen LogP contribution in [0.4, 0.5) is 16.2 Å². The molecule has 1 heterocycles. The third-order valence-corrected chi connectivity index (χ3v) is 7.65. The normalized spacial score (nSPS) is 15.6. The number of hydrogen-bond donors (Lipinski definition) is 4. The Kier molecular flexibility index (Phi) is 10.7. The molecule has 10 nitrogen and oxygen atoms in total. The molecular formula is C27H40BrN3O7S. The fourth-order valence-electron chi connectivity index (χ4n) is 4.69. The molecule has 1 amide bonds. The van der Waals surface area contributed by atoms with Crippen molar-refractivity contribution in [3.63, 3.8) is 0 Å². The van der Waals surface area contributed by atoms with Crippen LogP contribution in [-0.2, 0) is 20.4 Å². The molecule has 39 heavy (non-hydrogen) atoms. The Morgan fingerprint density at radius 1 is 1.18 bits per heavy atom. The molecule has 0 radical (unpaired) electrons. The number of β-amino-alcohol motifs (C(OH)–C–C–N with tert-alkyl or cyclic N) is 1. The summed E-state index contributed by atoms with van der Waals surface area (Å²) >= 11 is 0. The number of phenols is 1. The van der Waals surface area contributed by atoms with E-state index in [1.54, 1.807) is 12.0 Å². The van der Waals surface area contributed by atoms with Gasteiger partial charge in [-0.15, -0.1) is 17.0 Å². The monoisotopic (exact) mass is 629 g/mol. The first-order valence-electron chi connectivity index (χ1n) is 12.7. The van der Waals surface area contributed by atoms with E-state index in [9.17, 15) is 23.4 Å². The number of halogens is 1. The van der Waals surface area contributed by atoms with Crippen molar-refractivity contribution in [2.75, 3.05) is 36.1 Å². The van der Waals surface area contributed by atoms with Gasteiger partial charge in [-0.3, -0.25) is 9.62 Å². The van der Waals surface area contributed by atoms with Crippen molar-refractivity contribution in [3.05, 3.63) is 47.5 Å². The molecule has 0 spiro atoms. The minimum atomic E-state index is -3.60. The fraction of sp³-hybridized carbons (Fsp3) is 0.519. The zero-order chi connectivity index (χ0) is 28.3. The van der Waals surface area contributed by atoms with Gasteiger partial charge in [0.1, 0.15) is 17.1 Å². The van der Waals surface area contributed by atoms with Gasteiger partial charge in [0.15, 0.2) is 0 Å². The second kappa shape index (κ2) is 12.8. The lowest BCUT2D eigenvalue weighted by Gasteiger charge is -2.43. The molecular weight excluding hydrogens is 590 g/mol. The molecule has 2 aromatic carbocycles. The standard InChI is InChI=1S/C27H39N3O7S.BrH/c1-7-27(8-2)19-10-9-11-23(36-5)24(19)30(25(33)37-27)15-14-26(3,4)28-17-22(32)18-12-13-21(31)20(16-18)29-38(6,34)35;/h9-13,16,22,28-29,31-32H,7-8,14-15,17H2,1-6H3;1H. The quantitative estimate of drug-likeness (QED) is 0.245. The van der Waals surface area contributed by atoms with Crippen LogP contribution in [0.3, 0.4) is 0 Å². The number of aliphatic hydroxyl groups excluding tert-OH is 1. The van der Waals surface area contributed by atoms with E-state index in [-0.39, 0.29) is 35.0 Å². The van der Waals surface area contributed by atoms with Crippen LogP contribution in [0.15, 0.2) is 36.4 Å². The highest BCUT2D eigenvalue weighted by atomic mass is 79.9. The SMILES string of the molecule is Br.CCC1(CC)OC(=O)N(CCC(C)(C)NCC(O)c2ccc(O)c(NS(C)(=O)=O)c2)c2c(OC)cccc21. The summed E-state index contributed by atoms with van der Waals surface area (Å²) in [5.41, 5.74) is 0.887. The van der Waals surface area contributed by atoms with Gasteiger partial charge in [0.05, 0.1) is 30.8 Å².